The Kier molecular flexibility index (Phi) is 33.6. The van der Waals surface area contributed by atoms with Gasteiger partial charge >= 0.3 is 22.7 Å². The summed E-state index contributed by atoms with van der Waals surface area (Å²) in [5.74, 6) is -4.66. The second-order valence-corrected chi connectivity index (χ2v) is 23.0. The maximum Gasteiger partial charge on any atom is 0.315 e. The van der Waals surface area contributed by atoms with Gasteiger partial charge < -0.3 is 65.0 Å². The number of Topliss-reactive ketones (excluding diaryl/α,β-unsaturated/α-hetero) is 1. The van der Waals surface area contributed by atoms with E-state index in [0.29, 0.717) is 29.5 Å². The Hall–Kier alpha value is -8.14. The number of hydrogen-bond acceptors (Lipinski definition) is 21. The average molecular weight is 1340 g/mol. The van der Waals surface area contributed by atoms with Gasteiger partial charge in [-0.3, -0.25) is 45.3 Å². The number of rotatable bonds is 19. The van der Waals surface area contributed by atoms with Gasteiger partial charge in [-0.25, -0.2) is 0 Å². The van der Waals surface area contributed by atoms with Gasteiger partial charge in [0, 0.05) is 66.3 Å². The number of aromatic hydroxyl groups is 6. The smallest absolute Gasteiger partial charge is 0.315 e. The first-order chi connectivity index (χ1) is 43.7. The number of nitrogens with two attached hydrogens (primary N) is 1. The lowest BCUT2D eigenvalue weighted by molar-refractivity contribution is -0.386. The number of methoxy groups -OCH3 is 2. The SMILES string of the molecule is COc1cc(C(=O)CBr)cc([N+](=O)[O-])c1O.COc1cc(CC=O)cc([N+](=O)[O-])c1O.NCCCN1CCCCCCCCCCCC1.O=[N+]([O-])c1cc(-c2cn(CCCN3CCCCCCCCCCCC3)cc2-c2cc(O)c(O)c([N+](=O)[O-])c2)cc(O)c1O. The molecule has 0 amide bonds. The highest BCUT2D eigenvalue weighted by Gasteiger charge is 2.26. The molecular formula is C64H89BrN8O18. The molecule has 2 aliphatic heterocycles. The minimum atomic E-state index is -0.866. The molecule has 0 spiro atoms. The molecule has 26 nitrogen and oxygen atoms in total. The largest absolute Gasteiger partial charge is 0.504 e. The third-order valence-electron chi connectivity index (χ3n) is 15.8. The maximum absolute atomic E-state index is 11.5. The van der Waals surface area contributed by atoms with Gasteiger partial charge in [0.05, 0.1) is 39.2 Å². The molecular weight excluding hydrogens is 1250 g/mol. The third kappa shape index (κ3) is 24.9. The first-order valence-electron chi connectivity index (χ1n) is 31.1. The summed E-state index contributed by atoms with van der Waals surface area (Å²) in [5, 5.41) is 104. The number of halogens is 1. The molecule has 0 aliphatic carbocycles. The van der Waals surface area contributed by atoms with E-state index in [-0.39, 0.29) is 45.7 Å². The van der Waals surface area contributed by atoms with Crippen molar-refractivity contribution in [2.24, 2.45) is 5.73 Å². The second-order valence-electron chi connectivity index (χ2n) is 22.5. The zero-order chi connectivity index (χ0) is 66.8. The summed E-state index contributed by atoms with van der Waals surface area (Å²) in [4.78, 5) is 67.9. The Morgan fingerprint density at radius 1 is 0.505 bits per heavy atom. The number of ether oxygens (including phenoxy) is 2. The number of phenolic OH excluding ortho intramolecular Hbond substituents is 6. The van der Waals surface area contributed by atoms with Gasteiger partial charge in [-0.05, 0) is 125 Å². The molecule has 2 fully saturated rings. The number of nitro groups is 4. The maximum atomic E-state index is 11.5. The number of hydrogen-bond donors (Lipinski definition) is 7. The van der Waals surface area contributed by atoms with Crippen LogP contribution in [-0.2, 0) is 17.8 Å². The molecule has 1 aromatic heterocycles. The van der Waals surface area contributed by atoms with Gasteiger partial charge in [0.25, 0.3) is 0 Å². The molecule has 0 atom stereocenters. The van der Waals surface area contributed by atoms with Crippen molar-refractivity contribution in [1.82, 2.24) is 14.4 Å². The van der Waals surface area contributed by atoms with E-state index in [1.54, 1.807) is 12.4 Å². The van der Waals surface area contributed by atoms with Crippen LogP contribution in [0.5, 0.6) is 46.0 Å². The normalized spacial score (nSPS) is 14.9. The lowest BCUT2D eigenvalue weighted by Crippen LogP contribution is -2.28. The van der Waals surface area contributed by atoms with E-state index in [1.807, 2.05) is 4.57 Å². The van der Waals surface area contributed by atoms with Gasteiger partial charge in [0.2, 0.25) is 23.0 Å². The van der Waals surface area contributed by atoms with Crippen LogP contribution in [0.3, 0.4) is 0 Å². The Bertz CT molecular complexity index is 3050. The molecule has 27 heteroatoms. The quantitative estimate of drug-likeness (QED) is 0.0101. The number of ketones is 1. The Balaban J connectivity index is 0.000000301. The van der Waals surface area contributed by atoms with Crippen molar-refractivity contribution in [1.29, 1.82) is 0 Å². The molecule has 500 valence electrons. The number of carbonyl (C=O) groups is 2. The molecule has 0 unspecified atom stereocenters. The summed E-state index contributed by atoms with van der Waals surface area (Å²) in [5.41, 5.74) is 4.91. The number of aromatic nitrogens is 1. The minimum absolute atomic E-state index is 0.0129. The Morgan fingerprint density at radius 3 is 1.21 bits per heavy atom. The predicted octanol–water partition coefficient (Wildman–Crippen LogP) is 13.6. The molecule has 2 aliphatic rings. The van der Waals surface area contributed by atoms with Crippen molar-refractivity contribution >= 4 is 50.7 Å². The summed E-state index contributed by atoms with van der Waals surface area (Å²) >= 11 is 2.96. The van der Waals surface area contributed by atoms with Crippen LogP contribution in [0.4, 0.5) is 22.7 Å². The van der Waals surface area contributed by atoms with Gasteiger partial charge in [-0.15, -0.1) is 0 Å². The van der Waals surface area contributed by atoms with E-state index in [4.69, 9.17) is 15.2 Å². The third-order valence-corrected chi connectivity index (χ3v) is 16.3. The van der Waals surface area contributed by atoms with Crippen molar-refractivity contribution in [3.05, 3.63) is 113 Å². The highest BCUT2D eigenvalue weighted by Crippen LogP contribution is 2.46. The highest BCUT2D eigenvalue weighted by atomic mass is 79.9. The van der Waals surface area contributed by atoms with Crippen LogP contribution in [-0.4, -0.2) is 142 Å². The van der Waals surface area contributed by atoms with Gasteiger partial charge in [0.1, 0.15) is 6.29 Å². The molecule has 0 saturated carbocycles. The van der Waals surface area contributed by atoms with E-state index < -0.39 is 76.9 Å². The van der Waals surface area contributed by atoms with E-state index in [1.165, 1.54) is 193 Å². The van der Waals surface area contributed by atoms with Gasteiger partial charge in [-0.2, -0.15) is 0 Å². The van der Waals surface area contributed by atoms with Gasteiger partial charge in [0.15, 0.2) is 28.8 Å². The van der Waals surface area contributed by atoms with Crippen LogP contribution >= 0.6 is 15.9 Å². The average Bonchev–Trinajstić information content (AvgIpc) is 1.77. The number of nitro benzene ring substituents is 4. The van der Waals surface area contributed by atoms with Crippen molar-refractivity contribution in [3.8, 4) is 68.2 Å². The van der Waals surface area contributed by atoms with Crippen molar-refractivity contribution in [3.63, 3.8) is 0 Å². The number of nitrogens with zero attached hydrogens (tertiary/aromatic N) is 7. The zero-order valence-corrected chi connectivity index (χ0v) is 53.7. The topological polar surface area (TPSA) is 384 Å². The highest BCUT2D eigenvalue weighted by molar-refractivity contribution is 9.09. The second kappa shape index (κ2) is 40.6. The Labute approximate surface area is 538 Å². The summed E-state index contributed by atoms with van der Waals surface area (Å²) in [6.07, 6.45) is 33.1. The number of aldehydes is 1. The summed E-state index contributed by atoms with van der Waals surface area (Å²) in [6.45, 7) is 8.25. The Morgan fingerprint density at radius 2 is 0.857 bits per heavy atom. The number of alkyl halides is 1. The van der Waals surface area contributed by atoms with E-state index in [0.717, 1.165) is 56.9 Å². The van der Waals surface area contributed by atoms with Crippen molar-refractivity contribution < 1.29 is 69.4 Å². The fourth-order valence-corrected chi connectivity index (χ4v) is 11.1. The summed E-state index contributed by atoms with van der Waals surface area (Å²) < 4.78 is 11.4. The number of phenols is 6. The molecule has 0 bridgehead atoms. The number of aryl methyl sites for hydroxylation is 1. The predicted molar refractivity (Wildman–Crippen MR) is 349 cm³/mol. The molecule has 0 radical (unpaired) electrons. The molecule has 7 rings (SSSR count). The fourth-order valence-electron chi connectivity index (χ4n) is 10.8. The monoisotopic (exact) mass is 1340 g/mol. The number of benzene rings is 4. The zero-order valence-electron chi connectivity index (χ0n) is 52.1. The lowest BCUT2D eigenvalue weighted by Gasteiger charge is -2.22. The van der Waals surface area contributed by atoms with Crippen LogP contribution < -0.4 is 15.2 Å². The van der Waals surface area contributed by atoms with Crippen molar-refractivity contribution in [2.75, 3.05) is 65.4 Å². The summed E-state index contributed by atoms with van der Waals surface area (Å²) in [7, 11) is 2.53. The molecule has 3 heterocycles. The first kappa shape index (κ1) is 75.3. The molecule has 8 N–H and O–H groups in total. The van der Waals surface area contributed by atoms with Crippen LogP contribution in [0.25, 0.3) is 22.3 Å². The van der Waals surface area contributed by atoms with E-state index >= 15 is 0 Å². The molecule has 4 aromatic carbocycles. The van der Waals surface area contributed by atoms with Gasteiger partial charge in [-0.1, -0.05) is 119 Å². The van der Waals surface area contributed by atoms with E-state index in [2.05, 4.69) is 25.7 Å². The lowest BCUT2D eigenvalue weighted by atomic mass is 9.97. The van der Waals surface area contributed by atoms with Crippen LogP contribution in [0.15, 0.2) is 60.9 Å². The molecule has 2 saturated heterocycles. The molecule has 5 aromatic rings. The van der Waals surface area contributed by atoms with Crippen LogP contribution in [0, 0.1) is 40.5 Å². The standard InChI is InChI=1S/C31H40N4O8.C15H32N2.C9H8BrNO5.C9H9NO5/c36-28-18-22(16-26(30(28)38)34(40)41)24-20-33(21-25(24)23-17-27(35(42)43)31(39)29(37)19-23)15-11-14-32-12-9-7-5-3-1-2-4-6-8-10-13-32;16-12-11-15-17-13-9-7-5-3-1-2-4-6-8-10-14-17;1-16-8-3-5(7(12)4-10)2-6(9(8)13)11(14)15;1-15-8-5-6(2-3-11)4-7(9(8)12)10(13)14/h16-21,36-39H,1-15H2;1-16H2;2-3,13H,4H2,1H3;3-5,12H,2H2,1H3. The fraction of sp³-hybridized carbons (Fsp3) is 0.531. The van der Waals surface area contributed by atoms with Crippen LogP contribution in [0.1, 0.15) is 157 Å². The molecule has 91 heavy (non-hydrogen) atoms. The van der Waals surface area contributed by atoms with E-state index in [9.17, 15) is 80.7 Å². The van der Waals surface area contributed by atoms with Crippen molar-refractivity contribution in [2.45, 2.75) is 154 Å². The van der Waals surface area contributed by atoms with Crippen LogP contribution in [0.2, 0.25) is 0 Å². The number of carbonyl (C=O) groups excluding carboxylic acids is 2. The first-order valence-corrected chi connectivity index (χ1v) is 32.2. The minimum Gasteiger partial charge on any atom is -0.504 e. The summed E-state index contributed by atoms with van der Waals surface area (Å²) in [6, 6.07) is 9.39.